The van der Waals surface area contributed by atoms with E-state index < -0.39 is 0 Å². The summed E-state index contributed by atoms with van der Waals surface area (Å²) in [6, 6.07) is 71.7. The second-order valence-electron chi connectivity index (χ2n) is 13.3. The molecule has 0 aliphatic rings. The molecule has 9 aromatic carbocycles. The summed E-state index contributed by atoms with van der Waals surface area (Å²) in [6.45, 7) is 0. The molecule has 0 fully saturated rings. The molecule has 10 rings (SSSR count). The van der Waals surface area contributed by atoms with Crippen LogP contribution in [-0.2, 0) is 0 Å². The minimum absolute atomic E-state index is 0.872. The Kier molecular flexibility index (Phi) is 7.18. The van der Waals surface area contributed by atoms with Crippen molar-refractivity contribution >= 4 is 60.5 Å². The molecule has 1 heterocycles. The van der Waals surface area contributed by atoms with E-state index in [0.29, 0.717) is 0 Å². The number of rotatable bonds is 6. The van der Waals surface area contributed by atoms with Gasteiger partial charge < -0.3 is 9.32 Å². The SMILES string of the molecule is c1ccc(-c2ccccc2-c2ccc(N(c3ccc(-c4cc5ccccc5c5ccccc45)cc3)c3ccc4c(c3)oc3ccccc34)cc2)cc1. The molecule has 0 amide bonds. The number of hydrogen-bond acceptors (Lipinski definition) is 2. The number of furan rings is 1. The van der Waals surface area contributed by atoms with Crippen molar-refractivity contribution in [3.05, 3.63) is 200 Å². The van der Waals surface area contributed by atoms with Crippen molar-refractivity contribution in [2.45, 2.75) is 0 Å². The van der Waals surface area contributed by atoms with E-state index >= 15 is 0 Å². The van der Waals surface area contributed by atoms with Crippen molar-refractivity contribution in [2.75, 3.05) is 4.90 Å². The van der Waals surface area contributed by atoms with Gasteiger partial charge in [-0.15, -0.1) is 0 Å². The molecule has 2 heteroatoms. The van der Waals surface area contributed by atoms with Gasteiger partial charge in [-0.2, -0.15) is 0 Å². The third-order valence-corrected chi connectivity index (χ3v) is 10.3. The summed E-state index contributed by atoms with van der Waals surface area (Å²) in [6.07, 6.45) is 0. The van der Waals surface area contributed by atoms with E-state index in [2.05, 4.69) is 193 Å². The minimum Gasteiger partial charge on any atom is -0.456 e. The highest BCUT2D eigenvalue weighted by Gasteiger charge is 2.17. The molecule has 1 aromatic heterocycles. The summed E-state index contributed by atoms with van der Waals surface area (Å²) in [5, 5.41) is 7.30. The van der Waals surface area contributed by atoms with Gasteiger partial charge in [0.05, 0.1) is 0 Å². The number of anilines is 3. The first kappa shape index (κ1) is 30.0. The van der Waals surface area contributed by atoms with Gasteiger partial charge in [-0.1, -0.05) is 146 Å². The van der Waals surface area contributed by atoms with Crippen molar-refractivity contribution in [1.29, 1.82) is 0 Å². The summed E-state index contributed by atoms with van der Waals surface area (Å²) >= 11 is 0. The molecule has 52 heavy (non-hydrogen) atoms. The number of benzene rings is 9. The van der Waals surface area contributed by atoms with Crippen LogP contribution >= 0.6 is 0 Å². The van der Waals surface area contributed by atoms with Gasteiger partial charge in [0, 0.05) is 33.9 Å². The largest absolute Gasteiger partial charge is 0.456 e. The number of hydrogen-bond donors (Lipinski definition) is 0. The van der Waals surface area contributed by atoms with Crippen LogP contribution in [0.15, 0.2) is 205 Å². The first-order valence-electron chi connectivity index (χ1n) is 17.8. The Labute approximate surface area is 302 Å². The van der Waals surface area contributed by atoms with Gasteiger partial charge in [0.2, 0.25) is 0 Å². The zero-order valence-corrected chi connectivity index (χ0v) is 28.4. The van der Waals surface area contributed by atoms with Gasteiger partial charge in [0.15, 0.2) is 0 Å². The molecule has 0 saturated heterocycles. The third-order valence-electron chi connectivity index (χ3n) is 10.3. The maximum Gasteiger partial charge on any atom is 0.137 e. The van der Waals surface area contributed by atoms with Crippen LogP contribution in [0, 0.1) is 0 Å². The standard InChI is InChI=1S/C50H33NO/c1-2-12-34(13-3-1)41-15-6-7-16-42(41)35-22-26-38(27-23-35)51(40-30-31-47-46-20-10-11-21-49(46)52-50(47)33-40)39-28-24-36(25-29-39)48-32-37-14-4-5-17-43(37)44-18-8-9-19-45(44)48/h1-33H. The zero-order chi connectivity index (χ0) is 34.4. The maximum absolute atomic E-state index is 6.37. The van der Waals surface area contributed by atoms with Crippen molar-refractivity contribution < 1.29 is 4.42 Å². The molecular weight excluding hydrogens is 631 g/mol. The Bertz CT molecular complexity index is 2890. The van der Waals surface area contributed by atoms with Gasteiger partial charge in [0.25, 0.3) is 0 Å². The zero-order valence-electron chi connectivity index (χ0n) is 28.4. The van der Waals surface area contributed by atoms with Crippen LogP contribution in [0.5, 0.6) is 0 Å². The number of nitrogens with zero attached hydrogens (tertiary/aromatic N) is 1. The van der Waals surface area contributed by atoms with E-state index in [0.717, 1.165) is 39.0 Å². The van der Waals surface area contributed by atoms with E-state index in [1.54, 1.807) is 0 Å². The molecule has 0 N–H and O–H groups in total. The average molecular weight is 664 g/mol. The summed E-state index contributed by atoms with van der Waals surface area (Å²) in [4.78, 5) is 2.32. The van der Waals surface area contributed by atoms with E-state index in [-0.39, 0.29) is 0 Å². The lowest BCUT2D eigenvalue weighted by Gasteiger charge is -2.26. The van der Waals surface area contributed by atoms with Crippen LogP contribution in [0.25, 0.3) is 76.9 Å². The molecule has 0 spiro atoms. The molecule has 0 atom stereocenters. The van der Waals surface area contributed by atoms with E-state index in [4.69, 9.17) is 4.42 Å². The van der Waals surface area contributed by atoms with Gasteiger partial charge in [0.1, 0.15) is 11.2 Å². The second kappa shape index (κ2) is 12.5. The Balaban J connectivity index is 1.09. The topological polar surface area (TPSA) is 16.4 Å². The number of para-hydroxylation sites is 1. The summed E-state index contributed by atoms with van der Waals surface area (Å²) in [5.41, 5.74) is 12.2. The molecular formula is C50H33NO. The Morgan fingerprint density at radius 2 is 0.788 bits per heavy atom. The quantitative estimate of drug-likeness (QED) is 0.165. The van der Waals surface area contributed by atoms with Crippen molar-refractivity contribution in [1.82, 2.24) is 0 Å². The second-order valence-corrected chi connectivity index (χ2v) is 13.3. The van der Waals surface area contributed by atoms with E-state index in [9.17, 15) is 0 Å². The molecule has 0 aliphatic carbocycles. The summed E-state index contributed by atoms with van der Waals surface area (Å²) in [7, 11) is 0. The molecule has 0 bridgehead atoms. The van der Waals surface area contributed by atoms with Crippen molar-refractivity contribution in [2.24, 2.45) is 0 Å². The first-order valence-corrected chi connectivity index (χ1v) is 17.8. The van der Waals surface area contributed by atoms with Gasteiger partial charge in [-0.25, -0.2) is 0 Å². The lowest BCUT2D eigenvalue weighted by molar-refractivity contribution is 0.669. The average Bonchev–Trinajstić information content (AvgIpc) is 3.60. The van der Waals surface area contributed by atoms with Crippen molar-refractivity contribution in [3.8, 4) is 33.4 Å². The lowest BCUT2D eigenvalue weighted by atomic mass is 9.93. The lowest BCUT2D eigenvalue weighted by Crippen LogP contribution is -2.09. The van der Waals surface area contributed by atoms with Crippen LogP contribution in [0.2, 0.25) is 0 Å². The monoisotopic (exact) mass is 663 g/mol. The van der Waals surface area contributed by atoms with Crippen LogP contribution in [0.1, 0.15) is 0 Å². The predicted molar refractivity (Wildman–Crippen MR) is 220 cm³/mol. The van der Waals surface area contributed by atoms with Gasteiger partial charge in [-0.3, -0.25) is 0 Å². The Hall–Kier alpha value is -6.90. The van der Waals surface area contributed by atoms with Crippen LogP contribution in [0.4, 0.5) is 17.1 Å². The van der Waals surface area contributed by atoms with Gasteiger partial charge in [-0.05, 0) is 103 Å². The molecule has 0 radical (unpaired) electrons. The smallest absolute Gasteiger partial charge is 0.137 e. The normalized spacial score (nSPS) is 11.5. The number of fused-ring (bicyclic) bond motifs is 6. The fourth-order valence-electron chi connectivity index (χ4n) is 7.78. The van der Waals surface area contributed by atoms with Crippen LogP contribution in [0.3, 0.4) is 0 Å². The Morgan fingerprint density at radius 1 is 0.288 bits per heavy atom. The molecule has 244 valence electrons. The molecule has 2 nitrogen and oxygen atoms in total. The first-order chi connectivity index (χ1) is 25.8. The highest BCUT2D eigenvalue weighted by atomic mass is 16.3. The fourth-order valence-corrected chi connectivity index (χ4v) is 7.78. The predicted octanol–water partition coefficient (Wildman–Crippen LogP) is 14.4. The molecule has 10 aromatic rings. The fraction of sp³-hybridized carbons (Fsp3) is 0. The highest BCUT2D eigenvalue weighted by molar-refractivity contribution is 6.14. The maximum atomic E-state index is 6.37. The van der Waals surface area contributed by atoms with E-state index in [1.807, 2.05) is 12.1 Å². The third kappa shape index (κ3) is 5.12. The summed E-state index contributed by atoms with van der Waals surface area (Å²) in [5.74, 6) is 0. The van der Waals surface area contributed by atoms with Crippen LogP contribution in [-0.4, -0.2) is 0 Å². The molecule has 0 unspecified atom stereocenters. The minimum atomic E-state index is 0.872. The van der Waals surface area contributed by atoms with Crippen LogP contribution < -0.4 is 4.90 Å². The summed E-state index contributed by atoms with van der Waals surface area (Å²) < 4.78 is 6.37. The molecule has 0 aliphatic heterocycles. The van der Waals surface area contributed by atoms with Crippen molar-refractivity contribution in [3.63, 3.8) is 0 Å². The highest BCUT2D eigenvalue weighted by Crippen LogP contribution is 2.42. The van der Waals surface area contributed by atoms with Gasteiger partial charge >= 0.3 is 0 Å². The molecule has 0 saturated carbocycles. The Morgan fingerprint density at radius 3 is 1.50 bits per heavy atom. The van der Waals surface area contributed by atoms with E-state index in [1.165, 1.54) is 54.9 Å².